The van der Waals surface area contributed by atoms with Crippen molar-refractivity contribution in [2.75, 3.05) is 5.32 Å². The van der Waals surface area contributed by atoms with Gasteiger partial charge in [0, 0.05) is 19.3 Å². The van der Waals surface area contributed by atoms with Crippen molar-refractivity contribution >= 4 is 17.6 Å². The second-order valence-electron chi connectivity index (χ2n) is 4.88. The molecule has 4 N–H and O–H groups in total. The molecule has 0 saturated carbocycles. The third kappa shape index (κ3) is 4.39. The van der Waals surface area contributed by atoms with Crippen LogP contribution in [0.1, 0.15) is 16.7 Å². The quantitative estimate of drug-likeness (QED) is 0.736. The molecule has 0 fully saturated rings. The third-order valence-corrected chi connectivity index (χ3v) is 3.04. The highest BCUT2D eigenvalue weighted by Gasteiger charge is 2.13. The van der Waals surface area contributed by atoms with Gasteiger partial charge >= 0.3 is 11.8 Å². The molecule has 6 heteroatoms. The number of carbonyl (C=O) groups is 2. The molecular weight excluding hydrogens is 280 g/mol. The van der Waals surface area contributed by atoms with Crippen LogP contribution in [0.15, 0.2) is 42.6 Å². The molecule has 0 bridgehead atoms. The molecule has 0 unspecified atom stereocenters. The Morgan fingerprint density at radius 3 is 2.64 bits per heavy atom. The molecule has 2 aromatic rings. The van der Waals surface area contributed by atoms with Crippen LogP contribution in [0.2, 0.25) is 0 Å². The van der Waals surface area contributed by atoms with E-state index in [1.807, 2.05) is 31.2 Å². The summed E-state index contributed by atoms with van der Waals surface area (Å²) in [7, 11) is 0. The van der Waals surface area contributed by atoms with Crippen LogP contribution in [-0.2, 0) is 22.7 Å². The Morgan fingerprint density at radius 1 is 1.14 bits per heavy atom. The van der Waals surface area contributed by atoms with Crippen LogP contribution in [0.4, 0.5) is 5.82 Å². The number of hydrogen-bond donors (Lipinski definition) is 3. The average molecular weight is 298 g/mol. The van der Waals surface area contributed by atoms with E-state index in [2.05, 4.69) is 15.6 Å². The Morgan fingerprint density at radius 2 is 1.91 bits per heavy atom. The molecule has 0 saturated heterocycles. The van der Waals surface area contributed by atoms with Crippen molar-refractivity contribution in [2.24, 2.45) is 5.73 Å². The summed E-state index contributed by atoms with van der Waals surface area (Å²) in [6.07, 6.45) is 1.57. The van der Waals surface area contributed by atoms with E-state index in [9.17, 15) is 9.59 Å². The van der Waals surface area contributed by atoms with Gasteiger partial charge in [0.2, 0.25) is 0 Å². The van der Waals surface area contributed by atoms with Gasteiger partial charge < -0.3 is 16.4 Å². The lowest BCUT2D eigenvalue weighted by molar-refractivity contribution is -0.136. The Labute approximate surface area is 128 Å². The fourth-order valence-corrected chi connectivity index (χ4v) is 1.91. The standard InChI is InChI=1S/C16H18N4O2/c1-11-5-6-18-14(7-11)20-16(22)15(21)19-10-13-4-2-3-12(8-13)9-17/h2-8H,9-10,17H2,1H3,(H,19,21)(H,18,20,22). The largest absolute Gasteiger partial charge is 0.344 e. The van der Waals surface area contributed by atoms with E-state index in [-0.39, 0.29) is 6.54 Å². The van der Waals surface area contributed by atoms with Gasteiger partial charge in [-0.3, -0.25) is 9.59 Å². The van der Waals surface area contributed by atoms with Crippen LogP contribution in [0.3, 0.4) is 0 Å². The summed E-state index contributed by atoms with van der Waals surface area (Å²) in [5, 5.41) is 5.02. The van der Waals surface area contributed by atoms with Gasteiger partial charge in [-0.25, -0.2) is 4.98 Å². The first-order valence-corrected chi connectivity index (χ1v) is 6.88. The minimum absolute atomic E-state index is 0.265. The molecule has 1 heterocycles. The van der Waals surface area contributed by atoms with Crippen LogP contribution in [0.25, 0.3) is 0 Å². The van der Waals surface area contributed by atoms with Gasteiger partial charge in [-0.05, 0) is 35.7 Å². The fraction of sp³-hybridized carbons (Fsp3) is 0.188. The van der Waals surface area contributed by atoms with Gasteiger partial charge in [-0.1, -0.05) is 24.3 Å². The molecule has 1 aromatic heterocycles. The highest BCUT2D eigenvalue weighted by molar-refractivity contribution is 6.39. The summed E-state index contributed by atoms with van der Waals surface area (Å²) in [4.78, 5) is 27.5. The number of carbonyl (C=O) groups excluding carboxylic acids is 2. The second-order valence-corrected chi connectivity index (χ2v) is 4.88. The molecular formula is C16H18N4O2. The summed E-state index contributed by atoms with van der Waals surface area (Å²) in [5.41, 5.74) is 8.37. The number of benzene rings is 1. The molecule has 0 aliphatic heterocycles. The van der Waals surface area contributed by atoms with E-state index >= 15 is 0 Å². The smallest absolute Gasteiger partial charge is 0.314 e. The van der Waals surface area contributed by atoms with Gasteiger partial charge in [0.15, 0.2) is 0 Å². The van der Waals surface area contributed by atoms with Crippen LogP contribution < -0.4 is 16.4 Å². The van der Waals surface area contributed by atoms with Crippen molar-refractivity contribution in [3.05, 3.63) is 59.3 Å². The van der Waals surface area contributed by atoms with Crippen molar-refractivity contribution in [3.63, 3.8) is 0 Å². The molecule has 2 rings (SSSR count). The lowest BCUT2D eigenvalue weighted by Gasteiger charge is -2.07. The van der Waals surface area contributed by atoms with E-state index in [0.717, 1.165) is 16.7 Å². The molecule has 0 aliphatic carbocycles. The van der Waals surface area contributed by atoms with Gasteiger partial charge in [-0.2, -0.15) is 0 Å². The molecule has 22 heavy (non-hydrogen) atoms. The summed E-state index contributed by atoms with van der Waals surface area (Å²) < 4.78 is 0. The monoisotopic (exact) mass is 298 g/mol. The predicted molar refractivity (Wildman–Crippen MR) is 83.8 cm³/mol. The Kier molecular flexibility index (Phi) is 5.21. The molecule has 2 amide bonds. The van der Waals surface area contributed by atoms with E-state index in [1.54, 1.807) is 18.3 Å². The zero-order valence-electron chi connectivity index (χ0n) is 12.3. The first-order chi connectivity index (χ1) is 10.6. The number of rotatable bonds is 4. The van der Waals surface area contributed by atoms with Crippen molar-refractivity contribution in [1.82, 2.24) is 10.3 Å². The van der Waals surface area contributed by atoms with Gasteiger partial charge in [0.25, 0.3) is 0 Å². The number of aromatic nitrogens is 1. The normalized spacial score (nSPS) is 10.1. The van der Waals surface area contributed by atoms with Crippen LogP contribution >= 0.6 is 0 Å². The maximum Gasteiger partial charge on any atom is 0.314 e. The summed E-state index contributed by atoms with van der Waals surface area (Å²) >= 11 is 0. The number of pyridine rings is 1. The number of nitrogens with zero attached hydrogens (tertiary/aromatic N) is 1. The zero-order chi connectivity index (χ0) is 15.9. The number of amides is 2. The molecule has 0 aliphatic rings. The Bertz CT molecular complexity index is 685. The second kappa shape index (κ2) is 7.33. The number of aryl methyl sites for hydroxylation is 1. The van der Waals surface area contributed by atoms with Crippen LogP contribution in [0.5, 0.6) is 0 Å². The maximum atomic E-state index is 11.8. The molecule has 0 radical (unpaired) electrons. The number of anilines is 1. The lowest BCUT2D eigenvalue weighted by Crippen LogP contribution is -2.35. The Hall–Kier alpha value is -2.73. The fourth-order valence-electron chi connectivity index (χ4n) is 1.91. The van der Waals surface area contributed by atoms with Gasteiger partial charge in [-0.15, -0.1) is 0 Å². The predicted octanol–water partition coefficient (Wildman–Crippen LogP) is 1.10. The van der Waals surface area contributed by atoms with Gasteiger partial charge in [0.05, 0.1) is 0 Å². The van der Waals surface area contributed by atoms with Crippen molar-refractivity contribution in [3.8, 4) is 0 Å². The Balaban J connectivity index is 1.90. The van der Waals surface area contributed by atoms with Crippen molar-refractivity contribution in [2.45, 2.75) is 20.0 Å². The van der Waals surface area contributed by atoms with Gasteiger partial charge in [0.1, 0.15) is 5.82 Å². The highest BCUT2D eigenvalue weighted by Crippen LogP contribution is 2.06. The lowest BCUT2D eigenvalue weighted by atomic mass is 10.1. The van der Waals surface area contributed by atoms with E-state index in [0.29, 0.717) is 12.4 Å². The first-order valence-electron chi connectivity index (χ1n) is 6.88. The number of nitrogens with two attached hydrogens (primary N) is 1. The molecule has 6 nitrogen and oxygen atoms in total. The summed E-state index contributed by atoms with van der Waals surface area (Å²) in [6.45, 7) is 2.57. The van der Waals surface area contributed by atoms with Crippen molar-refractivity contribution < 1.29 is 9.59 Å². The average Bonchev–Trinajstić information content (AvgIpc) is 2.52. The SMILES string of the molecule is Cc1ccnc(NC(=O)C(=O)NCc2cccc(CN)c2)c1. The minimum atomic E-state index is -0.743. The number of nitrogens with one attached hydrogen (secondary N) is 2. The van der Waals surface area contributed by atoms with E-state index < -0.39 is 11.8 Å². The van der Waals surface area contributed by atoms with Crippen molar-refractivity contribution in [1.29, 1.82) is 0 Å². The van der Waals surface area contributed by atoms with E-state index in [4.69, 9.17) is 5.73 Å². The van der Waals surface area contributed by atoms with Crippen LogP contribution in [0, 0.1) is 6.92 Å². The molecule has 1 aromatic carbocycles. The van der Waals surface area contributed by atoms with E-state index in [1.165, 1.54) is 0 Å². The molecule has 0 spiro atoms. The van der Waals surface area contributed by atoms with Crippen LogP contribution in [-0.4, -0.2) is 16.8 Å². The zero-order valence-corrected chi connectivity index (χ0v) is 12.3. The maximum absolute atomic E-state index is 11.8. The third-order valence-electron chi connectivity index (χ3n) is 3.04. The molecule has 0 atom stereocenters. The highest BCUT2D eigenvalue weighted by atomic mass is 16.2. The topological polar surface area (TPSA) is 97.1 Å². The summed E-state index contributed by atoms with van der Waals surface area (Å²) in [5.74, 6) is -1.10. The first kappa shape index (κ1) is 15.7. The molecule has 114 valence electrons. The minimum Gasteiger partial charge on any atom is -0.344 e. The summed E-state index contributed by atoms with van der Waals surface area (Å²) in [6, 6.07) is 11.0. The number of hydrogen-bond acceptors (Lipinski definition) is 4.